The lowest BCUT2D eigenvalue weighted by molar-refractivity contribution is -0.00000853. The Hall–Kier alpha value is -2.96. The Morgan fingerprint density at radius 3 is 2.50 bits per heavy atom. The van der Waals surface area contributed by atoms with Crippen molar-refractivity contribution < 1.29 is 35.7 Å². The second-order valence-corrected chi connectivity index (χ2v) is 6.65. The van der Waals surface area contributed by atoms with Crippen LogP contribution in [0.25, 0.3) is 0 Å². The summed E-state index contributed by atoms with van der Waals surface area (Å²) < 4.78 is 35.4. The summed E-state index contributed by atoms with van der Waals surface area (Å²) in [6.07, 6.45) is 0. The SMILES string of the molecule is COc1cccc(CNCc2ccc3c(c2)OCO3)c1OCc1ccc(F)cc1.[Cl-]. The quantitative estimate of drug-likeness (QED) is 0.586. The van der Waals surface area contributed by atoms with Crippen LogP contribution < -0.4 is 36.7 Å². The zero-order valence-corrected chi connectivity index (χ0v) is 17.2. The predicted octanol–water partition coefficient (Wildman–Crippen LogP) is 1.44. The molecule has 1 aliphatic heterocycles. The fourth-order valence-corrected chi connectivity index (χ4v) is 3.15. The molecule has 0 aromatic heterocycles. The molecule has 7 heteroatoms. The van der Waals surface area contributed by atoms with Gasteiger partial charge >= 0.3 is 0 Å². The van der Waals surface area contributed by atoms with Crippen molar-refractivity contribution in [3.8, 4) is 23.0 Å². The lowest BCUT2D eigenvalue weighted by atomic mass is 10.1. The van der Waals surface area contributed by atoms with Gasteiger partial charge in [0.15, 0.2) is 23.0 Å². The highest BCUT2D eigenvalue weighted by atomic mass is 35.5. The van der Waals surface area contributed by atoms with E-state index in [1.807, 2.05) is 36.4 Å². The zero-order chi connectivity index (χ0) is 20.1. The number of hydrogen-bond donors (Lipinski definition) is 1. The molecule has 0 spiro atoms. The van der Waals surface area contributed by atoms with E-state index in [9.17, 15) is 4.39 Å². The molecule has 30 heavy (non-hydrogen) atoms. The van der Waals surface area contributed by atoms with Crippen molar-refractivity contribution in [1.29, 1.82) is 0 Å². The number of methoxy groups -OCH3 is 1. The van der Waals surface area contributed by atoms with Crippen LogP contribution in [-0.2, 0) is 19.7 Å². The van der Waals surface area contributed by atoms with Gasteiger partial charge in [-0.15, -0.1) is 0 Å². The summed E-state index contributed by atoms with van der Waals surface area (Å²) in [5.74, 6) is 2.62. The molecule has 3 aromatic carbocycles. The Kier molecular flexibility index (Phi) is 7.38. The molecule has 0 radical (unpaired) electrons. The van der Waals surface area contributed by atoms with Crippen LogP contribution in [0.5, 0.6) is 23.0 Å². The Labute approximate surface area is 181 Å². The Balaban J connectivity index is 0.00000256. The first-order valence-corrected chi connectivity index (χ1v) is 9.35. The van der Waals surface area contributed by atoms with Gasteiger partial charge in [0.05, 0.1) is 7.11 Å². The topological polar surface area (TPSA) is 49.0 Å². The van der Waals surface area contributed by atoms with E-state index in [2.05, 4.69) is 5.32 Å². The first-order chi connectivity index (χ1) is 14.2. The van der Waals surface area contributed by atoms with Crippen molar-refractivity contribution in [2.45, 2.75) is 19.7 Å². The van der Waals surface area contributed by atoms with Crippen molar-refractivity contribution in [2.24, 2.45) is 0 Å². The summed E-state index contributed by atoms with van der Waals surface area (Å²) in [7, 11) is 1.61. The van der Waals surface area contributed by atoms with Gasteiger partial charge in [-0.05, 0) is 41.5 Å². The van der Waals surface area contributed by atoms with Gasteiger partial charge in [-0.25, -0.2) is 4.39 Å². The van der Waals surface area contributed by atoms with Crippen LogP contribution in [0, 0.1) is 5.82 Å². The van der Waals surface area contributed by atoms with Crippen LogP contribution in [0.2, 0.25) is 0 Å². The molecule has 1 aliphatic rings. The van der Waals surface area contributed by atoms with Gasteiger partial charge in [-0.1, -0.05) is 30.3 Å². The fourth-order valence-electron chi connectivity index (χ4n) is 3.15. The van der Waals surface area contributed by atoms with Crippen LogP contribution in [-0.4, -0.2) is 13.9 Å². The number of para-hydroxylation sites is 1. The number of ether oxygens (including phenoxy) is 4. The van der Waals surface area contributed by atoms with E-state index in [0.717, 1.165) is 28.2 Å². The van der Waals surface area contributed by atoms with Crippen molar-refractivity contribution in [3.05, 3.63) is 83.2 Å². The molecule has 0 saturated carbocycles. The number of halogens is 2. The van der Waals surface area contributed by atoms with Crippen molar-refractivity contribution in [1.82, 2.24) is 5.32 Å². The van der Waals surface area contributed by atoms with E-state index in [1.54, 1.807) is 19.2 Å². The zero-order valence-electron chi connectivity index (χ0n) is 16.5. The average molecular weight is 431 g/mol. The van der Waals surface area contributed by atoms with Crippen molar-refractivity contribution in [2.75, 3.05) is 13.9 Å². The molecule has 0 fully saturated rings. The Morgan fingerprint density at radius 2 is 1.70 bits per heavy atom. The number of benzene rings is 3. The van der Waals surface area contributed by atoms with Crippen LogP contribution >= 0.6 is 0 Å². The molecular formula is C23H22ClFNO4-. The maximum absolute atomic E-state index is 13.1. The third-order valence-electron chi connectivity index (χ3n) is 4.66. The molecule has 5 nitrogen and oxygen atoms in total. The largest absolute Gasteiger partial charge is 1.00 e. The van der Waals surface area contributed by atoms with Gasteiger partial charge in [0, 0.05) is 18.7 Å². The van der Waals surface area contributed by atoms with E-state index in [1.165, 1.54) is 12.1 Å². The summed E-state index contributed by atoms with van der Waals surface area (Å²) in [5, 5.41) is 3.43. The fraction of sp³-hybridized carbons (Fsp3) is 0.217. The van der Waals surface area contributed by atoms with Crippen LogP contribution in [0.15, 0.2) is 60.7 Å². The third kappa shape index (κ3) is 5.14. The van der Waals surface area contributed by atoms with Gasteiger partial charge in [-0.2, -0.15) is 0 Å². The Bertz CT molecular complexity index is 981. The molecule has 1 N–H and O–H groups in total. The third-order valence-corrected chi connectivity index (χ3v) is 4.66. The van der Waals surface area contributed by atoms with Crippen molar-refractivity contribution in [3.63, 3.8) is 0 Å². The van der Waals surface area contributed by atoms with E-state index in [0.29, 0.717) is 31.2 Å². The van der Waals surface area contributed by atoms with Crippen LogP contribution in [0.4, 0.5) is 4.39 Å². The number of nitrogens with one attached hydrogen (secondary N) is 1. The van der Waals surface area contributed by atoms with Gasteiger partial charge < -0.3 is 36.7 Å². The minimum atomic E-state index is -0.264. The monoisotopic (exact) mass is 430 g/mol. The van der Waals surface area contributed by atoms with E-state index < -0.39 is 0 Å². The van der Waals surface area contributed by atoms with Gasteiger partial charge in [0.25, 0.3) is 0 Å². The number of hydrogen-bond acceptors (Lipinski definition) is 5. The smallest absolute Gasteiger partial charge is 0.231 e. The molecule has 4 rings (SSSR count). The minimum absolute atomic E-state index is 0. The normalized spacial score (nSPS) is 11.7. The first-order valence-electron chi connectivity index (χ1n) is 9.35. The van der Waals surface area contributed by atoms with E-state index in [-0.39, 0.29) is 25.0 Å². The highest BCUT2D eigenvalue weighted by Gasteiger charge is 2.14. The summed E-state index contributed by atoms with van der Waals surface area (Å²) >= 11 is 0. The summed E-state index contributed by atoms with van der Waals surface area (Å²) in [4.78, 5) is 0. The standard InChI is InChI=1S/C23H22FNO4.ClH/c1-26-21-4-2-3-18(23(21)27-14-16-5-8-19(24)9-6-16)13-25-12-17-7-10-20-22(11-17)29-15-28-20;/h2-11,25H,12-15H2,1H3;1H/p-1. The predicted molar refractivity (Wildman–Crippen MR) is 107 cm³/mol. The summed E-state index contributed by atoms with van der Waals surface area (Å²) in [6, 6.07) is 18.0. The molecule has 0 atom stereocenters. The molecule has 0 saturated heterocycles. The molecular weight excluding hydrogens is 409 g/mol. The molecule has 3 aromatic rings. The highest BCUT2D eigenvalue weighted by molar-refractivity contribution is 5.47. The first kappa shape index (κ1) is 21.7. The molecule has 158 valence electrons. The van der Waals surface area contributed by atoms with Gasteiger partial charge in [0.2, 0.25) is 6.79 Å². The Morgan fingerprint density at radius 1 is 0.933 bits per heavy atom. The molecule has 0 unspecified atom stereocenters. The molecule has 0 aliphatic carbocycles. The van der Waals surface area contributed by atoms with Crippen molar-refractivity contribution >= 4 is 0 Å². The lowest BCUT2D eigenvalue weighted by Gasteiger charge is -2.16. The number of fused-ring (bicyclic) bond motifs is 1. The maximum Gasteiger partial charge on any atom is 0.231 e. The summed E-state index contributed by atoms with van der Waals surface area (Å²) in [6.45, 7) is 1.87. The minimum Gasteiger partial charge on any atom is -1.00 e. The second kappa shape index (κ2) is 10.2. The molecule has 1 heterocycles. The maximum atomic E-state index is 13.1. The number of rotatable bonds is 8. The average Bonchev–Trinajstić information content (AvgIpc) is 3.21. The summed E-state index contributed by atoms with van der Waals surface area (Å²) in [5.41, 5.74) is 2.97. The highest BCUT2D eigenvalue weighted by Crippen LogP contribution is 2.33. The lowest BCUT2D eigenvalue weighted by Crippen LogP contribution is -3.00. The van der Waals surface area contributed by atoms with Crippen LogP contribution in [0.3, 0.4) is 0 Å². The molecule has 0 bridgehead atoms. The molecule has 0 amide bonds. The second-order valence-electron chi connectivity index (χ2n) is 6.65. The van der Waals surface area contributed by atoms with Gasteiger partial charge in [0.1, 0.15) is 12.4 Å². The van der Waals surface area contributed by atoms with E-state index in [4.69, 9.17) is 18.9 Å². The van der Waals surface area contributed by atoms with Crippen LogP contribution in [0.1, 0.15) is 16.7 Å². The van der Waals surface area contributed by atoms with E-state index >= 15 is 0 Å². The van der Waals surface area contributed by atoms with Gasteiger partial charge in [-0.3, -0.25) is 0 Å².